The van der Waals surface area contributed by atoms with E-state index < -0.39 is 0 Å². The van der Waals surface area contributed by atoms with Crippen molar-refractivity contribution in [3.8, 4) is 11.4 Å². The van der Waals surface area contributed by atoms with E-state index in [4.69, 9.17) is 0 Å². The van der Waals surface area contributed by atoms with Crippen LogP contribution >= 0.6 is 0 Å². The van der Waals surface area contributed by atoms with Crippen molar-refractivity contribution >= 4 is 65.2 Å². The first-order valence-corrected chi connectivity index (χ1v) is 13.8. The number of hydrogen-bond donors (Lipinski definition) is 0. The van der Waals surface area contributed by atoms with Gasteiger partial charge in [0.15, 0.2) is 0 Å². The standard InChI is InChI=1S/C38H24N2/c1-2-12-28-25(11-1)23-26-24-27(39-34-17-7-3-13-30(34)31-14-4-8-18-35(31)39)21-22-29(26)38(28)40-36-19-9-5-15-32(36)33-16-6-10-20-37(33)40/h1-24H. The maximum absolute atomic E-state index is 2.47. The van der Waals surface area contributed by atoms with Gasteiger partial charge in [-0.25, -0.2) is 0 Å². The number of nitrogens with zero attached hydrogens (tertiary/aromatic N) is 2. The Morgan fingerprint density at radius 1 is 0.300 bits per heavy atom. The Morgan fingerprint density at radius 3 is 1.27 bits per heavy atom. The highest BCUT2D eigenvalue weighted by atomic mass is 15.0. The Hall–Kier alpha value is -5.34. The number of aromatic nitrogens is 2. The fourth-order valence-corrected chi connectivity index (χ4v) is 6.78. The summed E-state index contributed by atoms with van der Waals surface area (Å²) in [5.74, 6) is 0. The molecule has 7 aromatic carbocycles. The number of hydrogen-bond acceptors (Lipinski definition) is 0. The van der Waals surface area contributed by atoms with E-state index in [1.54, 1.807) is 0 Å². The molecule has 186 valence electrons. The van der Waals surface area contributed by atoms with E-state index in [0.29, 0.717) is 0 Å². The summed E-state index contributed by atoms with van der Waals surface area (Å²) in [6.45, 7) is 0. The normalized spacial score (nSPS) is 12.0. The molecule has 0 aliphatic rings. The van der Waals surface area contributed by atoms with E-state index in [-0.39, 0.29) is 0 Å². The van der Waals surface area contributed by atoms with Gasteiger partial charge in [-0.05, 0) is 53.2 Å². The summed E-state index contributed by atoms with van der Waals surface area (Å²) in [7, 11) is 0. The van der Waals surface area contributed by atoms with E-state index in [1.807, 2.05) is 0 Å². The third-order valence-corrected chi connectivity index (χ3v) is 8.46. The van der Waals surface area contributed by atoms with Crippen molar-refractivity contribution in [1.82, 2.24) is 9.13 Å². The smallest absolute Gasteiger partial charge is 0.0618 e. The van der Waals surface area contributed by atoms with Crippen LogP contribution in [0.3, 0.4) is 0 Å². The van der Waals surface area contributed by atoms with Crippen molar-refractivity contribution in [3.63, 3.8) is 0 Å². The molecule has 0 aliphatic carbocycles. The second-order valence-corrected chi connectivity index (χ2v) is 10.6. The molecule has 9 aromatic rings. The molecule has 0 atom stereocenters. The van der Waals surface area contributed by atoms with Gasteiger partial charge in [0.05, 0.1) is 27.8 Å². The van der Waals surface area contributed by atoms with Crippen LogP contribution in [0.15, 0.2) is 146 Å². The summed E-state index contributed by atoms with van der Waals surface area (Å²) in [5, 5.41) is 10.1. The Morgan fingerprint density at radius 2 is 0.725 bits per heavy atom. The van der Waals surface area contributed by atoms with Gasteiger partial charge < -0.3 is 9.13 Å². The molecule has 9 rings (SSSR count). The number of rotatable bonds is 2. The lowest BCUT2D eigenvalue weighted by atomic mass is 9.99. The molecule has 0 N–H and O–H groups in total. The van der Waals surface area contributed by atoms with Crippen LogP contribution < -0.4 is 0 Å². The first-order chi connectivity index (χ1) is 19.9. The second kappa shape index (κ2) is 8.08. The Balaban J connectivity index is 1.42. The van der Waals surface area contributed by atoms with Crippen LogP contribution in [-0.2, 0) is 0 Å². The van der Waals surface area contributed by atoms with Crippen molar-refractivity contribution < 1.29 is 0 Å². The van der Waals surface area contributed by atoms with Gasteiger partial charge in [-0.1, -0.05) is 103 Å². The molecule has 2 aromatic heterocycles. The lowest BCUT2D eigenvalue weighted by Crippen LogP contribution is -1.99. The molecule has 0 bridgehead atoms. The zero-order valence-corrected chi connectivity index (χ0v) is 21.8. The van der Waals surface area contributed by atoms with Crippen molar-refractivity contribution in [2.24, 2.45) is 0 Å². The van der Waals surface area contributed by atoms with Crippen molar-refractivity contribution in [1.29, 1.82) is 0 Å². The number of para-hydroxylation sites is 4. The van der Waals surface area contributed by atoms with Gasteiger partial charge in [0.2, 0.25) is 0 Å². The molecule has 0 unspecified atom stereocenters. The quantitative estimate of drug-likeness (QED) is 0.206. The molecule has 0 fully saturated rings. The van der Waals surface area contributed by atoms with Gasteiger partial charge in [-0.2, -0.15) is 0 Å². The Bertz CT molecular complexity index is 2330. The SMILES string of the molecule is c1ccc2c(-n3c4ccccc4c4ccccc43)c3ccc(-n4c5ccccc5c5ccccc54)cc3cc2c1. The van der Waals surface area contributed by atoms with Gasteiger partial charge >= 0.3 is 0 Å². The third kappa shape index (κ3) is 2.88. The lowest BCUT2D eigenvalue weighted by Gasteiger charge is -2.17. The van der Waals surface area contributed by atoms with E-state index in [2.05, 4.69) is 155 Å². The molecule has 2 nitrogen and oxygen atoms in total. The fourth-order valence-electron chi connectivity index (χ4n) is 6.78. The maximum atomic E-state index is 2.47. The van der Waals surface area contributed by atoms with Gasteiger partial charge in [-0.3, -0.25) is 0 Å². The molecule has 0 saturated carbocycles. The average Bonchev–Trinajstić information content (AvgIpc) is 3.53. The van der Waals surface area contributed by atoms with Crippen LogP contribution in [0.1, 0.15) is 0 Å². The highest BCUT2D eigenvalue weighted by Gasteiger charge is 2.18. The predicted molar refractivity (Wildman–Crippen MR) is 170 cm³/mol. The summed E-state index contributed by atoms with van der Waals surface area (Å²) in [6.07, 6.45) is 0. The van der Waals surface area contributed by atoms with Gasteiger partial charge in [0.1, 0.15) is 0 Å². The van der Waals surface area contributed by atoms with Gasteiger partial charge in [0.25, 0.3) is 0 Å². The van der Waals surface area contributed by atoms with Crippen LogP contribution in [0.5, 0.6) is 0 Å². The fraction of sp³-hybridized carbons (Fsp3) is 0. The third-order valence-electron chi connectivity index (χ3n) is 8.46. The molecular formula is C38H24N2. The van der Waals surface area contributed by atoms with Gasteiger partial charge in [-0.15, -0.1) is 0 Å². The van der Waals surface area contributed by atoms with Crippen LogP contribution in [-0.4, -0.2) is 9.13 Å². The van der Waals surface area contributed by atoms with Crippen LogP contribution in [0.4, 0.5) is 0 Å². The van der Waals surface area contributed by atoms with E-state index in [9.17, 15) is 0 Å². The minimum absolute atomic E-state index is 1.17. The van der Waals surface area contributed by atoms with Crippen LogP contribution in [0.25, 0.3) is 76.5 Å². The highest BCUT2D eigenvalue weighted by Crippen LogP contribution is 2.40. The van der Waals surface area contributed by atoms with Crippen molar-refractivity contribution in [2.75, 3.05) is 0 Å². The Labute approximate surface area is 230 Å². The molecule has 0 saturated heterocycles. The first-order valence-electron chi connectivity index (χ1n) is 13.8. The molecule has 0 radical (unpaired) electrons. The Kier molecular flexibility index (Phi) is 4.36. The molecule has 0 spiro atoms. The largest absolute Gasteiger partial charge is 0.309 e. The lowest BCUT2D eigenvalue weighted by molar-refractivity contribution is 1.18. The monoisotopic (exact) mass is 508 g/mol. The zero-order valence-electron chi connectivity index (χ0n) is 21.8. The van der Waals surface area contributed by atoms with E-state index in [0.717, 1.165) is 0 Å². The molecule has 2 heteroatoms. The summed E-state index contributed by atoms with van der Waals surface area (Å²) in [6, 6.07) is 53.0. The summed E-state index contributed by atoms with van der Waals surface area (Å²) < 4.78 is 4.87. The molecule has 40 heavy (non-hydrogen) atoms. The topological polar surface area (TPSA) is 9.86 Å². The summed E-state index contributed by atoms with van der Waals surface area (Å²) in [5.41, 5.74) is 7.33. The zero-order chi connectivity index (χ0) is 26.2. The van der Waals surface area contributed by atoms with E-state index in [1.165, 1.54) is 76.5 Å². The van der Waals surface area contributed by atoms with Crippen LogP contribution in [0.2, 0.25) is 0 Å². The van der Waals surface area contributed by atoms with Crippen LogP contribution in [0, 0.1) is 0 Å². The summed E-state index contributed by atoms with van der Waals surface area (Å²) in [4.78, 5) is 0. The van der Waals surface area contributed by atoms with Crippen molar-refractivity contribution in [2.45, 2.75) is 0 Å². The minimum Gasteiger partial charge on any atom is -0.309 e. The minimum atomic E-state index is 1.17. The average molecular weight is 509 g/mol. The second-order valence-electron chi connectivity index (χ2n) is 10.6. The number of fused-ring (bicyclic) bond motifs is 8. The molecular weight excluding hydrogens is 484 g/mol. The maximum Gasteiger partial charge on any atom is 0.0618 e. The predicted octanol–water partition coefficient (Wildman–Crippen LogP) is 10.2. The summed E-state index contributed by atoms with van der Waals surface area (Å²) >= 11 is 0. The first kappa shape index (κ1) is 21.6. The van der Waals surface area contributed by atoms with Crippen molar-refractivity contribution in [3.05, 3.63) is 146 Å². The molecule has 0 aliphatic heterocycles. The van der Waals surface area contributed by atoms with Gasteiger partial charge in [0, 0.05) is 38.0 Å². The highest BCUT2D eigenvalue weighted by molar-refractivity contribution is 6.15. The number of benzene rings is 7. The molecule has 2 heterocycles. The molecule has 0 amide bonds. The van der Waals surface area contributed by atoms with E-state index >= 15 is 0 Å².